The van der Waals surface area contributed by atoms with E-state index >= 15 is 0 Å². The van der Waals surface area contributed by atoms with Gasteiger partial charge in [0.25, 0.3) is 5.91 Å². The molecular formula is C17H15NO3. The van der Waals surface area contributed by atoms with E-state index in [9.17, 15) is 9.90 Å². The number of para-hydroxylation sites is 1. The first-order valence-electron chi connectivity index (χ1n) is 6.72. The van der Waals surface area contributed by atoms with Crippen LogP contribution in [-0.4, -0.2) is 17.6 Å². The highest BCUT2D eigenvalue weighted by molar-refractivity contribution is 6.06. The van der Waals surface area contributed by atoms with Crippen molar-refractivity contribution in [2.45, 2.75) is 6.04 Å². The summed E-state index contributed by atoms with van der Waals surface area (Å²) >= 11 is 0. The summed E-state index contributed by atoms with van der Waals surface area (Å²) in [6.07, 6.45) is 1.44. The Morgan fingerprint density at radius 3 is 2.57 bits per heavy atom. The summed E-state index contributed by atoms with van der Waals surface area (Å²) in [6.45, 7) is -0.161. The molecule has 21 heavy (non-hydrogen) atoms. The minimum atomic E-state index is -0.438. The van der Waals surface area contributed by atoms with Crippen LogP contribution >= 0.6 is 0 Å². The zero-order chi connectivity index (χ0) is 14.7. The SMILES string of the molecule is O=C(N[C@H](CO)c1ccccc1)c1coc2ccccc12. The van der Waals surface area contributed by atoms with Crippen molar-refractivity contribution in [1.82, 2.24) is 5.32 Å². The van der Waals surface area contributed by atoms with E-state index in [0.29, 0.717) is 11.1 Å². The predicted molar refractivity (Wildman–Crippen MR) is 79.9 cm³/mol. The third-order valence-corrected chi connectivity index (χ3v) is 3.42. The van der Waals surface area contributed by atoms with Gasteiger partial charge in [-0.2, -0.15) is 0 Å². The van der Waals surface area contributed by atoms with Crippen molar-refractivity contribution >= 4 is 16.9 Å². The van der Waals surface area contributed by atoms with E-state index in [0.717, 1.165) is 10.9 Å². The number of fused-ring (bicyclic) bond motifs is 1. The number of hydrogen-bond donors (Lipinski definition) is 2. The zero-order valence-corrected chi connectivity index (χ0v) is 11.3. The van der Waals surface area contributed by atoms with Crippen molar-refractivity contribution in [3.05, 3.63) is 72.0 Å². The molecule has 0 bridgehead atoms. The number of aliphatic hydroxyl groups excluding tert-OH is 1. The summed E-state index contributed by atoms with van der Waals surface area (Å²) in [5.41, 5.74) is 2.00. The van der Waals surface area contributed by atoms with Crippen LogP contribution in [-0.2, 0) is 0 Å². The first-order chi connectivity index (χ1) is 10.3. The molecule has 0 saturated heterocycles. The highest BCUT2D eigenvalue weighted by Crippen LogP contribution is 2.21. The molecular weight excluding hydrogens is 266 g/mol. The van der Waals surface area contributed by atoms with Gasteiger partial charge in [0.2, 0.25) is 0 Å². The first kappa shape index (κ1) is 13.4. The van der Waals surface area contributed by atoms with Gasteiger partial charge in [0.1, 0.15) is 11.8 Å². The fourth-order valence-corrected chi connectivity index (χ4v) is 2.31. The second-order valence-electron chi connectivity index (χ2n) is 4.76. The Bertz CT molecular complexity index is 749. The monoisotopic (exact) mass is 281 g/mol. The normalized spacial score (nSPS) is 12.2. The average Bonchev–Trinajstić information content (AvgIpc) is 2.97. The molecule has 106 valence electrons. The van der Waals surface area contributed by atoms with Gasteiger partial charge in [0, 0.05) is 5.39 Å². The Kier molecular flexibility index (Phi) is 3.71. The quantitative estimate of drug-likeness (QED) is 0.773. The number of hydrogen-bond acceptors (Lipinski definition) is 3. The molecule has 2 N–H and O–H groups in total. The van der Waals surface area contributed by atoms with Gasteiger partial charge in [-0.05, 0) is 11.6 Å². The van der Waals surface area contributed by atoms with Crippen LogP contribution in [0.4, 0.5) is 0 Å². The maximum absolute atomic E-state index is 12.4. The molecule has 1 heterocycles. The maximum Gasteiger partial charge on any atom is 0.255 e. The summed E-state index contributed by atoms with van der Waals surface area (Å²) in [5.74, 6) is -0.261. The second kappa shape index (κ2) is 5.81. The van der Waals surface area contributed by atoms with Gasteiger partial charge in [-0.3, -0.25) is 4.79 Å². The van der Waals surface area contributed by atoms with Crippen molar-refractivity contribution in [2.75, 3.05) is 6.61 Å². The lowest BCUT2D eigenvalue weighted by atomic mass is 10.1. The van der Waals surface area contributed by atoms with Crippen LogP contribution in [0.25, 0.3) is 11.0 Å². The van der Waals surface area contributed by atoms with Gasteiger partial charge < -0.3 is 14.8 Å². The topological polar surface area (TPSA) is 62.5 Å². The molecule has 0 aliphatic heterocycles. The van der Waals surface area contributed by atoms with E-state index < -0.39 is 6.04 Å². The average molecular weight is 281 g/mol. The third kappa shape index (κ3) is 2.66. The lowest BCUT2D eigenvalue weighted by molar-refractivity contribution is 0.0917. The van der Waals surface area contributed by atoms with Crippen LogP contribution in [0.2, 0.25) is 0 Å². The van der Waals surface area contributed by atoms with Crippen LogP contribution in [0, 0.1) is 0 Å². The van der Waals surface area contributed by atoms with Gasteiger partial charge in [-0.25, -0.2) is 0 Å². The van der Waals surface area contributed by atoms with E-state index in [1.54, 1.807) is 0 Å². The summed E-state index contributed by atoms with van der Waals surface area (Å²) in [5, 5.41) is 13.1. The minimum Gasteiger partial charge on any atom is -0.463 e. The van der Waals surface area contributed by atoms with E-state index in [1.165, 1.54) is 6.26 Å². The number of carbonyl (C=O) groups is 1. The summed E-state index contributed by atoms with van der Waals surface area (Å²) in [6, 6.07) is 16.3. The number of furan rings is 1. The molecule has 0 radical (unpaired) electrons. The van der Waals surface area contributed by atoms with Crippen LogP contribution in [0.3, 0.4) is 0 Å². The Morgan fingerprint density at radius 1 is 1.10 bits per heavy atom. The Balaban J connectivity index is 1.85. The summed E-state index contributed by atoms with van der Waals surface area (Å²) < 4.78 is 5.37. The highest BCUT2D eigenvalue weighted by Gasteiger charge is 2.18. The minimum absolute atomic E-state index is 0.161. The molecule has 0 fully saturated rings. The fraction of sp³-hybridized carbons (Fsp3) is 0.118. The van der Waals surface area contributed by atoms with Crippen LogP contribution in [0.5, 0.6) is 0 Å². The van der Waals surface area contributed by atoms with Gasteiger partial charge >= 0.3 is 0 Å². The highest BCUT2D eigenvalue weighted by atomic mass is 16.3. The van der Waals surface area contributed by atoms with Gasteiger partial charge in [0.15, 0.2) is 0 Å². The number of amides is 1. The summed E-state index contributed by atoms with van der Waals surface area (Å²) in [4.78, 5) is 12.4. The van der Waals surface area contributed by atoms with Crippen LogP contribution < -0.4 is 5.32 Å². The largest absolute Gasteiger partial charge is 0.463 e. The van der Waals surface area contributed by atoms with E-state index in [1.807, 2.05) is 54.6 Å². The molecule has 0 unspecified atom stereocenters. The van der Waals surface area contributed by atoms with E-state index in [2.05, 4.69) is 5.32 Å². The number of rotatable bonds is 4. The Hall–Kier alpha value is -2.59. The smallest absolute Gasteiger partial charge is 0.255 e. The van der Waals surface area contributed by atoms with Crippen molar-refractivity contribution in [3.63, 3.8) is 0 Å². The molecule has 4 heteroatoms. The molecule has 1 atom stereocenters. The Labute approximate surface area is 122 Å². The molecule has 2 aromatic carbocycles. The lowest BCUT2D eigenvalue weighted by Gasteiger charge is -2.16. The number of carbonyl (C=O) groups excluding carboxylic acids is 1. The molecule has 1 amide bonds. The van der Waals surface area contributed by atoms with Crippen LogP contribution in [0.1, 0.15) is 22.0 Å². The predicted octanol–water partition coefficient (Wildman–Crippen LogP) is 2.90. The summed E-state index contributed by atoms with van der Waals surface area (Å²) in [7, 11) is 0. The van der Waals surface area contributed by atoms with Crippen molar-refractivity contribution in [3.8, 4) is 0 Å². The fourth-order valence-electron chi connectivity index (χ4n) is 2.31. The first-order valence-corrected chi connectivity index (χ1v) is 6.72. The molecule has 4 nitrogen and oxygen atoms in total. The van der Waals surface area contributed by atoms with Gasteiger partial charge in [-0.1, -0.05) is 48.5 Å². The number of nitrogens with one attached hydrogen (secondary N) is 1. The van der Waals surface area contributed by atoms with E-state index in [-0.39, 0.29) is 12.5 Å². The van der Waals surface area contributed by atoms with Crippen molar-refractivity contribution in [2.24, 2.45) is 0 Å². The number of benzene rings is 2. The molecule has 0 saturated carbocycles. The van der Waals surface area contributed by atoms with Gasteiger partial charge in [-0.15, -0.1) is 0 Å². The molecule has 1 aromatic heterocycles. The lowest BCUT2D eigenvalue weighted by Crippen LogP contribution is -2.30. The zero-order valence-electron chi connectivity index (χ0n) is 11.3. The number of aliphatic hydroxyl groups is 1. The molecule has 0 spiro atoms. The second-order valence-corrected chi connectivity index (χ2v) is 4.76. The maximum atomic E-state index is 12.4. The standard InChI is InChI=1S/C17H15NO3/c19-10-15(12-6-2-1-3-7-12)18-17(20)14-11-21-16-9-5-4-8-13(14)16/h1-9,11,15,19H,10H2,(H,18,20)/t15-/m1/s1. The van der Waals surface area contributed by atoms with Crippen molar-refractivity contribution < 1.29 is 14.3 Å². The molecule has 0 aliphatic rings. The van der Waals surface area contributed by atoms with E-state index in [4.69, 9.17) is 4.42 Å². The van der Waals surface area contributed by atoms with Crippen molar-refractivity contribution in [1.29, 1.82) is 0 Å². The molecule has 3 rings (SSSR count). The Morgan fingerprint density at radius 2 is 1.81 bits per heavy atom. The molecule has 3 aromatic rings. The van der Waals surface area contributed by atoms with Crippen LogP contribution in [0.15, 0.2) is 65.3 Å². The van der Waals surface area contributed by atoms with Gasteiger partial charge in [0.05, 0.1) is 18.2 Å². The molecule has 0 aliphatic carbocycles. The third-order valence-electron chi connectivity index (χ3n) is 3.42.